The third-order valence-corrected chi connectivity index (χ3v) is 17.5. The van der Waals surface area contributed by atoms with E-state index in [-0.39, 0.29) is 0 Å². The zero-order valence-electron chi connectivity index (χ0n) is 53.6. The predicted molar refractivity (Wildman–Crippen MR) is 309 cm³/mol. The lowest BCUT2D eigenvalue weighted by Crippen LogP contribution is -2.71. The molecule has 6 rings (SSSR count). The number of rotatable bonds is 33. The number of carboxylic acid groups (broad SMARTS) is 1. The minimum absolute atomic E-state index is 0.815. The van der Waals surface area contributed by atoms with E-state index in [0.29, 0.717) is 0 Å². The van der Waals surface area contributed by atoms with Crippen LogP contribution in [0, 0.1) is 0 Å². The van der Waals surface area contributed by atoms with Crippen molar-refractivity contribution in [1.82, 2.24) is 21.3 Å². The van der Waals surface area contributed by atoms with Gasteiger partial charge in [0.25, 0.3) is 5.79 Å². The SMILES string of the molecule is CC(=O)N[C@H]1[C@H](O[C@H]2[C@@H](O)[C@@H](CO)O[C@@H](O[C@@H]([C@@H](O)[C@H](O)CO)[C@H](CO)NC(C)=O)[C@@H]2O)O[C@H](CO)[C@@H](O[C@@H]2O[C@H](CO)[C@H](O)[C@H](O[C@@H]3O[C@H](COS(=O)(=O)O)[C@@H](O[C@@H]4O[C@H](CO)[C@H](O)[C@H](O[C@]5(C(=O)O)C[C@H](O)[C@@H](NC(=O)CO)[C@H]([C@H](O)[C@H](O)CO)O5)[C@H]4O)[C@H](O)[C@H]3NC(C)=O)[C@H]2O)[C@@H]1O. The minimum Gasteiger partial charge on any atom is -0.477 e. The Morgan fingerprint density at radius 2 is 0.931 bits per heavy atom. The van der Waals surface area contributed by atoms with Crippen molar-refractivity contribution in [3.8, 4) is 0 Å². The van der Waals surface area contributed by atoms with Crippen molar-refractivity contribution in [3.63, 3.8) is 0 Å². The molecule has 0 aliphatic carbocycles. The zero-order valence-corrected chi connectivity index (χ0v) is 54.4. The van der Waals surface area contributed by atoms with Crippen molar-refractivity contribution < 1.29 is 210 Å². The maximum Gasteiger partial charge on any atom is 0.397 e. The Hall–Kier alpha value is -4.10. The molecule has 4 amide bonds. The summed E-state index contributed by atoms with van der Waals surface area (Å²) in [6, 6.07) is -7.64. The van der Waals surface area contributed by atoms with Gasteiger partial charge >= 0.3 is 16.4 Å². The first-order valence-corrected chi connectivity index (χ1v) is 32.3. The minimum atomic E-state index is -5.56. The molecule has 0 aromatic heterocycles. The fourth-order valence-corrected chi connectivity index (χ4v) is 12.4. The van der Waals surface area contributed by atoms with Crippen LogP contribution >= 0.6 is 0 Å². The largest absolute Gasteiger partial charge is 0.477 e. The molecule has 0 unspecified atom stereocenters. The van der Waals surface area contributed by atoms with Crippen molar-refractivity contribution in [1.29, 1.82) is 0 Å². The van der Waals surface area contributed by atoms with Crippen molar-refractivity contribution in [2.75, 3.05) is 59.5 Å². The van der Waals surface area contributed by atoms with Gasteiger partial charge in [0.15, 0.2) is 31.5 Å². The van der Waals surface area contributed by atoms with Gasteiger partial charge in [-0.15, -0.1) is 0 Å². The van der Waals surface area contributed by atoms with E-state index in [4.69, 9.17) is 56.8 Å². The fraction of sp³-hybridized carbons (Fsp3) is 0.906. The first kappa shape index (κ1) is 85.8. The topological polar surface area (TPSA) is 753 Å². The lowest BCUT2D eigenvalue weighted by atomic mass is 9.88. The van der Waals surface area contributed by atoms with Crippen LogP contribution in [-0.2, 0) is 95.4 Å². The summed E-state index contributed by atoms with van der Waals surface area (Å²) in [5.41, 5.74) is 0. The highest BCUT2D eigenvalue weighted by Gasteiger charge is 2.62. The third-order valence-electron chi connectivity index (χ3n) is 17.1. The Labute approximate surface area is 570 Å². The number of nitrogens with one attached hydrogen (secondary N) is 4. The van der Waals surface area contributed by atoms with Gasteiger partial charge in [-0.1, -0.05) is 0 Å². The Morgan fingerprint density at radius 1 is 0.505 bits per heavy atom. The first-order chi connectivity index (χ1) is 47.4. The Bertz CT molecular complexity index is 2780. The summed E-state index contributed by atoms with van der Waals surface area (Å²) >= 11 is 0. The number of carbonyl (C=O) groups is 5. The molecule has 35 atom stereocenters. The monoisotopic (exact) mass is 1500 g/mol. The Morgan fingerprint density at radius 3 is 1.36 bits per heavy atom. The summed E-state index contributed by atoms with van der Waals surface area (Å²) in [6.07, 6.45) is -68.4. The third kappa shape index (κ3) is 20.5. The Balaban J connectivity index is 1.28. The van der Waals surface area contributed by atoms with Crippen LogP contribution in [0.3, 0.4) is 0 Å². The lowest BCUT2D eigenvalue weighted by molar-refractivity contribution is -0.390. The second-order valence-electron chi connectivity index (χ2n) is 24.3. The van der Waals surface area contributed by atoms with Gasteiger partial charge < -0.3 is 190 Å². The summed E-state index contributed by atoms with van der Waals surface area (Å²) in [5, 5.41) is 248. The van der Waals surface area contributed by atoms with Crippen molar-refractivity contribution >= 4 is 40.0 Å². The number of aliphatic carboxylic acids is 1. The van der Waals surface area contributed by atoms with E-state index in [1.54, 1.807) is 0 Å². The summed E-state index contributed by atoms with van der Waals surface area (Å²) in [6.45, 7) is -8.17. The van der Waals surface area contributed by atoms with E-state index in [9.17, 15) is 149 Å². The molecule has 6 saturated heterocycles. The fourth-order valence-electron chi connectivity index (χ4n) is 12.0. The van der Waals surface area contributed by atoms with Gasteiger partial charge in [-0.25, -0.2) is 8.98 Å². The molecule has 6 fully saturated rings. The van der Waals surface area contributed by atoms with Crippen molar-refractivity contribution in [2.24, 2.45) is 0 Å². The van der Waals surface area contributed by atoms with Gasteiger partial charge in [0, 0.05) is 27.2 Å². The number of amides is 4. The highest BCUT2D eigenvalue weighted by atomic mass is 32.3. The van der Waals surface area contributed by atoms with Gasteiger partial charge in [0.05, 0.1) is 71.0 Å². The quantitative estimate of drug-likeness (QED) is 0.0271. The summed E-state index contributed by atoms with van der Waals surface area (Å²) in [7, 11) is -5.56. The molecule has 0 aromatic rings. The zero-order chi connectivity index (χ0) is 75.6. The smallest absolute Gasteiger partial charge is 0.397 e. The first-order valence-electron chi connectivity index (χ1n) is 31.0. The van der Waals surface area contributed by atoms with E-state index >= 15 is 0 Å². The molecule has 6 aliphatic rings. The lowest BCUT2D eigenvalue weighted by Gasteiger charge is -2.51. The molecule has 101 heavy (non-hydrogen) atoms. The highest BCUT2D eigenvalue weighted by molar-refractivity contribution is 7.80. The van der Waals surface area contributed by atoms with Crippen LogP contribution in [0.4, 0.5) is 0 Å². The molecular formula is C53H90N4O43S. The number of aliphatic hydroxyl groups excluding tert-OH is 21. The second kappa shape index (κ2) is 37.4. The van der Waals surface area contributed by atoms with Gasteiger partial charge in [-0.2, -0.15) is 8.42 Å². The molecule has 0 bridgehead atoms. The van der Waals surface area contributed by atoms with E-state index in [0.717, 1.165) is 20.8 Å². The molecule has 586 valence electrons. The number of carbonyl (C=O) groups excluding carboxylic acids is 4. The number of hydrogen-bond donors (Lipinski definition) is 27. The molecule has 6 heterocycles. The van der Waals surface area contributed by atoms with Crippen LogP contribution in [0.15, 0.2) is 0 Å². The van der Waals surface area contributed by atoms with Gasteiger partial charge in [0.2, 0.25) is 23.6 Å². The molecule has 47 nitrogen and oxygen atoms in total. The second-order valence-corrected chi connectivity index (χ2v) is 25.3. The highest BCUT2D eigenvalue weighted by Crippen LogP contribution is 2.41. The average Bonchev–Trinajstić information content (AvgIpc) is 0.745. The molecule has 0 aromatic carbocycles. The van der Waals surface area contributed by atoms with E-state index in [1.807, 2.05) is 5.32 Å². The van der Waals surface area contributed by atoms with Gasteiger partial charge in [0.1, 0.15) is 165 Å². The molecule has 0 saturated carbocycles. The van der Waals surface area contributed by atoms with Crippen LogP contribution in [0.5, 0.6) is 0 Å². The van der Waals surface area contributed by atoms with Crippen LogP contribution in [0.1, 0.15) is 27.2 Å². The van der Waals surface area contributed by atoms with Crippen LogP contribution in [-0.4, -0.2) is 428 Å². The molecule has 27 N–H and O–H groups in total. The van der Waals surface area contributed by atoms with E-state index < -0.39 is 320 Å². The Kier molecular flexibility index (Phi) is 31.8. The van der Waals surface area contributed by atoms with E-state index in [2.05, 4.69) is 20.1 Å². The molecule has 0 radical (unpaired) electrons. The maximum atomic E-state index is 13.2. The van der Waals surface area contributed by atoms with Crippen molar-refractivity contribution in [2.45, 2.75) is 241 Å². The number of aliphatic hydroxyl groups is 21. The average molecular weight is 1500 g/mol. The predicted octanol–water partition coefficient (Wildman–Crippen LogP) is -18.1. The summed E-state index contributed by atoms with van der Waals surface area (Å²) < 4.78 is 108. The van der Waals surface area contributed by atoms with Crippen LogP contribution < -0.4 is 21.3 Å². The standard InChI is InChI=1S/C53H90N4O43S/c1-14(66)54-17(5-58)40(30(73)19(70)6-59)94-49-37(80)44(32(75)21(8-61)89-49)97-47-28(55-15(2)67)35(78)41(24(11-64)92-47)95-50-38(81)45(33(76)22(9-62)90-50)98-48-29(56-16(3)68)36(79)42(25(93-48)13-88-101(85,86)87)96-51-39(82)46(34(77)23(10-63)91-51)100-53(52(83)84)4-18(69)27(57-26(72)12-65)43(99-53)31(74)20(71)7-60/h17-25,27-51,58-65,69-71,73-82H,4-13H2,1-3H3,(H,54,66)(H,55,67)(H,56,68)(H,57,72)(H,83,84)(H,85,86,87)/t17-,18-,19+,20+,21+,22+,23+,24+,25+,27+,28+,29+,30-,31+,32-,33-,34-,35+,36+,37+,38+,39+,40+,41+,42+,43+,44-,45-,46-,47-,48-,49-,50-,51-,53-/m0/s1. The molecular weight excluding hydrogens is 1410 g/mol. The van der Waals surface area contributed by atoms with Crippen LogP contribution in [0.25, 0.3) is 0 Å². The summed E-state index contributed by atoms with van der Waals surface area (Å²) in [4.78, 5) is 63.2. The number of hydrogen-bond acceptors (Lipinski definition) is 41. The normalized spacial score (nSPS) is 41.2. The molecule has 6 aliphatic heterocycles. The molecule has 0 spiro atoms. The van der Waals surface area contributed by atoms with Crippen molar-refractivity contribution in [3.05, 3.63) is 0 Å². The maximum absolute atomic E-state index is 13.2. The van der Waals surface area contributed by atoms with E-state index in [1.165, 1.54) is 0 Å². The number of ether oxygens (including phenoxy) is 12. The van der Waals surface area contributed by atoms with Crippen LogP contribution in [0.2, 0.25) is 0 Å². The summed E-state index contributed by atoms with van der Waals surface area (Å²) in [5.74, 6) is -9.71. The molecule has 48 heteroatoms. The number of carboxylic acids is 1. The van der Waals surface area contributed by atoms with Gasteiger partial charge in [-0.05, 0) is 0 Å². The van der Waals surface area contributed by atoms with Gasteiger partial charge in [-0.3, -0.25) is 23.7 Å².